The Balaban J connectivity index is 1.69. The summed E-state index contributed by atoms with van der Waals surface area (Å²) in [6.07, 6.45) is 1.92. The molecule has 0 saturated heterocycles. The fourth-order valence-corrected chi connectivity index (χ4v) is 2.62. The quantitative estimate of drug-likeness (QED) is 0.627. The highest BCUT2D eigenvalue weighted by molar-refractivity contribution is 5.97. The average Bonchev–Trinajstić information content (AvgIpc) is 3.12. The van der Waals surface area contributed by atoms with Crippen LogP contribution < -0.4 is 5.49 Å². The molecule has 0 bridgehead atoms. The Kier molecular flexibility index (Phi) is 3.92. The van der Waals surface area contributed by atoms with Crippen molar-refractivity contribution in [3.8, 4) is 0 Å². The number of nitrogens with zero attached hydrogens (tertiary/aromatic N) is 4. The van der Waals surface area contributed by atoms with Crippen LogP contribution in [0.15, 0.2) is 77.9 Å². The van der Waals surface area contributed by atoms with Crippen LogP contribution in [0.4, 0.5) is 0 Å². The summed E-state index contributed by atoms with van der Waals surface area (Å²) in [7, 11) is 0. The minimum absolute atomic E-state index is 0.307. The van der Waals surface area contributed by atoms with Gasteiger partial charge in [0.25, 0.3) is 5.91 Å². The molecule has 2 heterocycles. The fraction of sp³-hybridized carbons (Fsp3) is 0.0526. The van der Waals surface area contributed by atoms with E-state index in [0.29, 0.717) is 23.1 Å². The van der Waals surface area contributed by atoms with Crippen LogP contribution in [0, 0.1) is 0 Å². The SMILES string of the molecule is O=C(N=c1ccccn1Cc1ccccc1)c1ccc2n[nH]nc2c1. The molecule has 2 aromatic heterocycles. The molecule has 122 valence electrons. The van der Waals surface area contributed by atoms with E-state index in [0.717, 1.165) is 11.1 Å². The third kappa shape index (κ3) is 3.23. The smallest absolute Gasteiger partial charge is 0.279 e. The van der Waals surface area contributed by atoms with Crippen LogP contribution in [0.2, 0.25) is 0 Å². The van der Waals surface area contributed by atoms with Crippen molar-refractivity contribution >= 4 is 16.9 Å². The second-order valence-electron chi connectivity index (χ2n) is 5.62. The van der Waals surface area contributed by atoms with E-state index in [9.17, 15) is 4.79 Å². The highest BCUT2D eigenvalue weighted by Crippen LogP contribution is 2.11. The summed E-state index contributed by atoms with van der Waals surface area (Å²) < 4.78 is 1.95. The van der Waals surface area contributed by atoms with E-state index < -0.39 is 0 Å². The van der Waals surface area contributed by atoms with Gasteiger partial charge in [-0.1, -0.05) is 36.4 Å². The molecule has 6 nitrogen and oxygen atoms in total. The number of amides is 1. The molecule has 2 aromatic carbocycles. The Morgan fingerprint density at radius 3 is 2.64 bits per heavy atom. The van der Waals surface area contributed by atoms with E-state index in [-0.39, 0.29) is 5.91 Å². The summed E-state index contributed by atoms with van der Waals surface area (Å²) in [5, 5.41) is 10.5. The van der Waals surface area contributed by atoms with Crippen molar-refractivity contribution in [1.29, 1.82) is 0 Å². The number of fused-ring (bicyclic) bond motifs is 1. The molecule has 1 N–H and O–H groups in total. The minimum Gasteiger partial charge on any atom is -0.328 e. The lowest BCUT2D eigenvalue weighted by Gasteiger charge is -2.07. The molecule has 0 fully saturated rings. The van der Waals surface area contributed by atoms with E-state index >= 15 is 0 Å². The lowest BCUT2D eigenvalue weighted by molar-refractivity contribution is 0.0997. The number of aromatic amines is 1. The largest absolute Gasteiger partial charge is 0.328 e. The normalized spacial score (nSPS) is 11.8. The van der Waals surface area contributed by atoms with Gasteiger partial charge in [0.1, 0.15) is 16.5 Å². The van der Waals surface area contributed by atoms with Gasteiger partial charge in [0.05, 0.1) is 0 Å². The highest BCUT2D eigenvalue weighted by atomic mass is 16.1. The number of benzene rings is 2. The van der Waals surface area contributed by atoms with Crippen LogP contribution in [0.25, 0.3) is 11.0 Å². The molecule has 0 unspecified atom stereocenters. The van der Waals surface area contributed by atoms with Crippen LogP contribution in [0.1, 0.15) is 15.9 Å². The van der Waals surface area contributed by atoms with Gasteiger partial charge >= 0.3 is 0 Å². The number of H-pyrrole nitrogens is 1. The van der Waals surface area contributed by atoms with E-state index in [1.165, 1.54) is 0 Å². The molecule has 25 heavy (non-hydrogen) atoms. The predicted octanol–water partition coefficient (Wildman–Crippen LogP) is 2.55. The number of carbonyl (C=O) groups excluding carboxylic acids is 1. The number of hydrogen-bond acceptors (Lipinski definition) is 3. The predicted molar refractivity (Wildman–Crippen MR) is 93.8 cm³/mol. The lowest BCUT2D eigenvalue weighted by atomic mass is 10.2. The minimum atomic E-state index is -0.307. The molecule has 1 amide bonds. The molecule has 0 aliphatic carbocycles. The monoisotopic (exact) mass is 329 g/mol. The topological polar surface area (TPSA) is 75.9 Å². The first-order valence-electron chi connectivity index (χ1n) is 7.88. The maximum absolute atomic E-state index is 12.5. The Labute approximate surface area is 143 Å². The number of aromatic nitrogens is 4. The standard InChI is InChI=1S/C19H15N5O/c25-19(15-9-10-16-17(12-15)22-23-21-16)20-18-8-4-5-11-24(18)13-14-6-2-1-3-7-14/h1-12H,13H2,(H,21,22,23). The van der Waals surface area contributed by atoms with Gasteiger partial charge in [-0.3, -0.25) is 4.79 Å². The second-order valence-corrected chi connectivity index (χ2v) is 5.62. The number of hydrogen-bond donors (Lipinski definition) is 1. The third-order valence-corrected chi connectivity index (χ3v) is 3.89. The Hall–Kier alpha value is -3.54. The first-order chi connectivity index (χ1) is 12.3. The zero-order chi connectivity index (χ0) is 17.1. The molecule has 0 aliphatic heterocycles. The average molecular weight is 329 g/mol. The van der Waals surface area contributed by atoms with E-state index in [2.05, 4.69) is 20.4 Å². The van der Waals surface area contributed by atoms with Gasteiger partial charge in [-0.05, 0) is 35.9 Å². The van der Waals surface area contributed by atoms with Gasteiger partial charge in [-0.25, -0.2) is 0 Å². The Morgan fingerprint density at radius 2 is 1.76 bits per heavy atom. The van der Waals surface area contributed by atoms with Gasteiger partial charge < -0.3 is 4.57 Å². The van der Waals surface area contributed by atoms with Gasteiger partial charge in [0.2, 0.25) is 0 Å². The number of nitrogens with one attached hydrogen (secondary N) is 1. The Bertz CT molecular complexity index is 1100. The van der Waals surface area contributed by atoms with Crippen molar-refractivity contribution in [1.82, 2.24) is 20.0 Å². The lowest BCUT2D eigenvalue weighted by Crippen LogP contribution is -2.22. The second kappa shape index (κ2) is 6.52. The number of pyridine rings is 1. The molecule has 4 rings (SSSR count). The maximum atomic E-state index is 12.5. The molecule has 0 radical (unpaired) electrons. The van der Waals surface area contributed by atoms with E-state index in [1.54, 1.807) is 18.2 Å². The summed E-state index contributed by atoms with van der Waals surface area (Å²) in [6.45, 7) is 0.649. The molecule has 4 aromatic rings. The Morgan fingerprint density at radius 1 is 0.960 bits per heavy atom. The van der Waals surface area contributed by atoms with Gasteiger partial charge in [-0.15, -0.1) is 0 Å². The first-order valence-corrected chi connectivity index (χ1v) is 7.88. The van der Waals surface area contributed by atoms with Crippen molar-refractivity contribution in [2.24, 2.45) is 4.99 Å². The zero-order valence-electron chi connectivity index (χ0n) is 13.3. The highest BCUT2D eigenvalue weighted by Gasteiger charge is 2.07. The molecule has 0 atom stereocenters. The first kappa shape index (κ1) is 15.0. The van der Waals surface area contributed by atoms with Crippen LogP contribution in [0.3, 0.4) is 0 Å². The van der Waals surface area contributed by atoms with Crippen molar-refractivity contribution in [3.63, 3.8) is 0 Å². The van der Waals surface area contributed by atoms with Crippen LogP contribution >= 0.6 is 0 Å². The molecular weight excluding hydrogens is 314 g/mol. The fourth-order valence-electron chi connectivity index (χ4n) is 2.62. The zero-order valence-corrected chi connectivity index (χ0v) is 13.3. The van der Waals surface area contributed by atoms with Gasteiger partial charge in [0.15, 0.2) is 0 Å². The molecule has 6 heteroatoms. The molecule has 0 saturated carbocycles. The van der Waals surface area contributed by atoms with Crippen molar-refractivity contribution in [3.05, 3.63) is 89.5 Å². The van der Waals surface area contributed by atoms with Gasteiger partial charge in [-0.2, -0.15) is 20.4 Å². The van der Waals surface area contributed by atoms with E-state index in [4.69, 9.17) is 0 Å². The maximum Gasteiger partial charge on any atom is 0.279 e. The number of rotatable bonds is 3. The van der Waals surface area contributed by atoms with Crippen molar-refractivity contribution < 1.29 is 4.79 Å². The molecule has 0 spiro atoms. The van der Waals surface area contributed by atoms with Crippen LogP contribution in [-0.2, 0) is 6.54 Å². The summed E-state index contributed by atoms with van der Waals surface area (Å²) in [5.74, 6) is -0.307. The van der Waals surface area contributed by atoms with Crippen molar-refractivity contribution in [2.45, 2.75) is 6.54 Å². The summed E-state index contributed by atoms with van der Waals surface area (Å²) in [4.78, 5) is 16.8. The summed E-state index contributed by atoms with van der Waals surface area (Å²) in [6, 6.07) is 20.8. The van der Waals surface area contributed by atoms with E-state index in [1.807, 2.05) is 59.3 Å². The third-order valence-electron chi connectivity index (χ3n) is 3.89. The molecular formula is C19H15N5O. The van der Waals surface area contributed by atoms with Crippen molar-refractivity contribution in [2.75, 3.05) is 0 Å². The summed E-state index contributed by atoms with van der Waals surface area (Å²) >= 11 is 0. The molecule has 0 aliphatic rings. The number of carbonyl (C=O) groups is 1. The van der Waals surface area contributed by atoms with Crippen LogP contribution in [-0.4, -0.2) is 25.9 Å². The summed E-state index contributed by atoms with van der Waals surface area (Å²) in [5.41, 5.74) is 3.60. The van der Waals surface area contributed by atoms with Crippen LogP contribution in [0.5, 0.6) is 0 Å². The van der Waals surface area contributed by atoms with Gasteiger partial charge in [0, 0.05) is 18.3 Å².